The summed E-state index contributed by atoms with van der Waals surface area (Å²) in [5.41, 5.74) is 0. The van der Waals surface area contributed by atoms with E-state index in [4.69, 9.17) is 4.74 Å². The Morgan fingerprint density at radius 1 is 1.64 bits per heavy atom. The fourth-order valence-electron chi connectivity index (χ4n) is 0.605. The SMILES string of the molecule is CC(=O)OCC1OC1C.II. The summed E-state index contributed by atoms with van der Waals surface area (Å²) in [4.78, 5) is 10.2. The van der Waals surface area contributed by atoms with Gasteiger partial charge in [-0.3, -0.25) is 4.79 Å². The zero-order valence-corrected chi connectivity index (χ0v) is 10.7. The van der Waals surface area contributed by atoms with Crippen molar-refractivity contribution in [3.05, 3.63) is 0 Å². The molecule has 0 aromatic heterocycles. The summed E-state index contributed by atoms with van der Waals surface area (Å²) >= 11 is 4.24. The van der Waals surface area contributed by atoms with Crippen molar-refractivity contribution in [2.75, 3.05) is 6.61 Å². The zero-order chi connectivity index (χ0) is 8.85. The summed E-state index contributed by atoms with van der Waals surface area (Å²) in [5, 5.41) is 0. The molecule has 3 nitrogen and oxygen atoms in total. The second-order valence-corrected chi connectivity index (χ2v) is 2.18. The van der Waals surface area contributed by atoms with Crippen molar-refractivity contribution in [3.8, 4) is 0 Å². The minimum Gasteiger partial charge on any atom is -0.463 e. The summed E-state index contributed by atoms with van der Waals surface area (Å²) in [5.74, 6) is -0.238. The van der Waals surface area contributed by atoms with Crippen LogP contribution in [0.5, 0.6) is 0 Å². The van der Waals surface area contributed by atoms with Crippen LogP contribution < -0.4 is 0 Å². The van der Waals surface area contributed by atoms with Gasteiger partial charge in [0.05, 0.1) is 6.10 Å². The van der Waals surface area contributed by atoms with Gasteiger partial charge in [-0.2, -0.15) is 0 Å². The number of halogens is 2. The summed E-state index contributed by atoms with van der Waals surface area (Å²) < 4.78 is 9.66. The van der Waals surface area contributed by atoms with Gasteiger partial charge < -0.3 is 9.47 Å². The second kappa shape index (κ2) is 6.41. The number of hydrogen-bond donors (Lipinski definition) is 0. The molecule has 1 fully saturated rings. The largest absolute Gasteiger partial charge is 0.463 e. The second-order valence-electron chi connectivity index (χ2n) is 2.18. The van der Waals surface area contributed by atoms with E-state index in [1.54, 1.807) is 0 Å². The van der Waals surface area contributed by atoms with Gasteiger partial charge in [0.1, 0.15) is 12.7 Å². The van der Waals surface area contributed by atoms with Crippen LogP contribution in [0.15, 0.2) is 0 Å². The molecule has 11 heavy (non-hydrogen) atoms. The van der Waals surface area contributed by atoms with E-state index in [0.717, 1.165) is 0 Å². The van der Waals surface area contributed by atoms with Gasteiger partial charge in [-0.05, 0) is 6.92 Å². The molecule has 5 heteroatoms. The lowest BCUT2D eigenvalue weighted by molar-refractivity contribution is -0.141. The minimum absolute atomic E-state index is 0.161. The van der Waals surface area contributed by atoms with Crippen LogP contribution in [0.1, 0.15) is 13.8 Å². The van der Waals surface area contributed by atoms with Crippen LogP contribution >= 0.6 is 37.2 Å². The molecule has 1 saturated heterocycles. The van der Waals surface area contributed by atoms with Gasteiger partial charge in [0, 0.05) is 44.2 Å². The van der Waals surface area contributed by atoms with E-state index in [2.05, 4.69) is 42.0 Å². The summed E-state index contributed by atoms with van der Waals surface area (Å²) in [6, 6.07) is 0. The quantitative estimate of drug-likeness (QED) is 0.416. The number of rotatable bonds is 2. The molecule has 0 amide bonds. The molecule has 0 saturated carbocycles. The maximum atomic E-state index is 10.2. The van der Waals surface area contributed by atoms with Gasteiger partial charge in [0.15, 0.2) is 0 Å². The van der Waals surface area contributed by atoms with Crippen molar-refractivity contribution < 1.29 is 14.3 Å². The lowest BCUT2D eigenvalue weighted by atomic mass is 10.4. The molecule has 0 aromatic carbocycles. The van der Waals surface area contributed by atoms with Crippen molar-refractivity contribution in [2.45, 2.75) is 26.1 Å². The molecule has 0 radical (unpaired) electrons. The third-order valence-electron chi connectivity index (χ3n) is 1.29. The van der Waals surface area contributed by atoms with Gasteiger partial charge in [0.25, 0.3) is 0 Å². The number of hydrogen-bond acceptors (Lipinski definition) is 3. The molecule has 1 aliphatic rings. The van der Waals surface area contributed by atoms with Crippen molar-refractivity contribution in [2.24, 2.45) is 0 Å². The summed E-state index contributed by atoms with van der Waals surface area (Å²) in [6.07, 6.45) is 0.443. The van der Waals surface area contributed by atoms with Crippen molar-refractivity contribution in [1.82, 2.24) is 0 Å². The molecule has 0 aromatic rings. The molecular formula is C6H10I2O3. The van der Waals surface area contributed by atoms with Crippen LogP contribution in [-0.4, -0.2) is 24.8 Å². The van der Waals surface area contributed by atoms with Crippen molar-refractivity contribution in [1.29, 1.82) is 0 Å². The van der Waals surface area contributed by atoms with E-state index in [1.807, 2.05) is 6.92 Å². The van der Waals surface area contributed by atoms with Crippen LogP contribution in [0.4, 0.5) is 0 Å². The highest BCUT2D eigenvalue weighted by atomic mass is 128. The van der Waals surface area contributed by atoms with Crippen LogP contribution in [0.25, 0.3) is 0 Å². The van der Waals surface area contributed by atoms with Crippen LogP contribution in [0.2, 0.25) is 0 Å². The number of ether oxygens (including phenoxy) is 2. The van der Waals surface area contributed by atoms with Crippen molar-refractivity contribution in [3.63, 3.8) is 0 Å². The third kappa shape index (κ3) is 6.09. The molecule has 2 unspecified atom stereocenters. The van der Waals surface area contributed by atoms with Gasteiger partial charge in [-0.15, -0.1) is 0 Å². The fourth-order valence-corrected chi connectivity index (χ4v) is 0.605. The number of esters is 1. The third-order valence-corrected chi connectivity index (χ3v) is 1.29. The molecule has 0 spiro atoms. The Hall–Kier alpha value is 0.890. The summed E-state index contributed by atoms with van der Waals surface area (Å²) in [6.45, 7) is 3.76. The molecular weight excluding hydrogens is 374 g/mol. The number of epoxide rings is 1. The first-order chi connectivity index (χ1) is 5.20. The zero-order valence-electron chi connectivity index (χ0n) is 6.34. The highest BCUT2D eigenvalue weighted by Gasteiger charge is 2.34. The highest BCUT2D eigenvalue weighted by molar-refractivity contribution is 15.0. The van der Waals surface area contributed by atoms with Crippen LogP contribution in [0.3, 0.4) is 0 Å². The smallest absolute Gasteiger partial charge is 0.302 e. The molecule has 0 aliphatic carbocycles. The number of carbonyl (C=O) groups excluding carboxylic acids is 1. The average Bonchev–Trinajstić information content (AvgIpc) is 2.67. The van der Waals surface area contributed by atoms with E-state index in [9.17, 15) is 4.79 Å². The molecule has 1 rings (SSSR count). The molecule has 0 bridgehead atoms. The minimum atomic E-state index is -0.238. The van der Waals surface area contributed by atoms with Crippen LogP contribution in [-0.2, 0) is 14.3 Å². The Morgan fingerprint density at radius 3 is 2.36 bits per heavy atom. The highest BCUT2D eigenvalue weighted by Crippen LogP contribution is 2.20. The Kier molecular flexibility index (Phi) is 6.93. The predicted molar refractivity (Wildman–Crippen MR) is 59.0 cm³/mol. The maximum absolute atomic E-state index is 10.2. The first-order valence-corrected chi connectivity index (χ1v) is 9.42. The van der Waals surface area contributed by atoms with Crippen LogP contribution in [0, 0.1) is 0 Å². The molecule has 2 atom stereocenters. The van der Waals surface area contributed by atoms with E-state index in [1.165, 1.54) is 6.92 Å². The molecule has 1 heterocycles. The maximum Gasteiger partial charge on any atom is 0.302 e. The average molecular weight is 384 g/mol. The molecule has 0 N–H and O–H groups in total. The normalized spacial score (nSPS) is 26.5. The predicted octanol–water partition coefficient (Wildman–Crippen LogP) is 2.11. The number of carbonyl (C=O) groups is 1. The van der Waals surface area contributed by atoms with E-state index in [-0.39, 0.29) is 18.2 Å². The Labute approximate surface area is 89.5 Å². The first-order valence-electron chi connectivity index (χ1n) is 3.13. The summed E-state index contributed by atoms with van der Waals surface area (Å²) in [7, 11) is 0. The Balaban J connectivity index is 0.000000461. The topological polar surface area (TPSA) is 38.8 Å². The van der Waals surface area contributed by atoms with Gasteiger partial charge >= 0.3 is 5.97 Å². The van der Waals surface area contributed by atoms with Gasteiger partial charge in [-0.25, -0.2) is 0 Å². The van der Waals surface area contributed by atoms with E-state index < -0.39 is 0 Å². The molecule has 1 aliphatic heterocycles. The lowest BCUT2D eigenvalue weighted by Gasteiger charge is -1.94. The van der Waals surface area contributed by atoms with E-state index >= 15 is 0 Å². The standard InChI is InChI=1S/C6H10O3.I2/c1-4-6(9-4)3-8-5(2)7;1-2/h4,6H,3H2,1-2H3;. The Morgan fingerprint density at radius 2 is 2.09 bits per heavy atom. The van der Waals surface area contributed by atoms with Gasteiger partial charge in [-0.1, -0.05) is 0 Å². The lowest BCUT2D eigenvalue weighted by Crippen LogP contribution is -2.06. The Bertz CT molecular complexity index is 129. The van der Waals surface area contributed by atoms with Crippen molar-refractivity contribution >= 4 is 43.2 Å². The molecule has 66 valence electrons. The van der Waals surface area contributed by atoms with Gasteiger partial charge in [0.2, 0.25) is 0 Å². The van der Waals surface area contributed by atoms with E-state index in [0.29, 0.717) is 6.61 Å². The monoisotopic (exact) mass is 384 g/mol. The first kappa shape index (κ1) is 11.9. The fraction of sp³-hybridized carbons (Fsp3) is 0.833.